The molecule has 0 spiro atoms. The number of aromatic nitrogens is 2. The average Bonchev–Trinajstić information content (AvgIpc) is 2.35. The molecule has 3 nitrogen and oxygen atoms in total. The van der Waals surface area contributed by atoms with Crippen LogP contribution in [0.2, 0.25) is 5.02 Å². The quantitative estimate of drug-likeness (QED) is 0.935. The third-order valence-corrected chi connectivity index (χ3v) is 3.47. The number of aryl methyl sites for hydroxylation is 3. The van der Waals surface area contributed by atoms with Crippen LogP contribution in [0.4, 0.5) is 0 Å². The molecule has 0 aliphatic heterocycles. The van der Waals surface area contributed by atoms with E-state index < -0.39 is 6.10 Å². The van der Waals surface area contributed by atoms with Crippen LogP contribution < -0.4 is 0 Å². The Labute approximate surface area is 118 Å². The highest BCUT2D eigenvalue weighted by Gasteiger charge is 2.14. The van der Waals surface area contributed by atoms with Crippen LogP contribution in [0.5, 0.6) is 0 Å². The molecule has 0 saturated heterocycles. The molecule has 4 heteroatoms. The number of nitrogens with zero attached hydrogens (tertiary/aromatic N) is 2. The first-order chi connectivity index (χ1) is 8.97. The van der Waals surface area contributed by atoms with E-state index in [0.717, 1.165) is 28.1 Å². The SMILES string of the molecule is Cc1ccc(CC(O)c2cc(C)nnc2C)c(Cl)c1. The molecule has 0 saturated carbocycles. The lowest BCUT2D eigenvalue weighted by Crippen LogP contribution is -2.07. The minimum atomic E-state index is -0.616. The van der Waals surface area contributed by atoms with Gasteiger partial charge < -0.3 is 5.11 Å². The van der Waals surface area contributed by atoms with E-state index in [2.05, 4.69) is 10.2 Å². The molecule has 0 amide bonds. The molecule has 0 bridgehead atoms. The van der Waals surface area contributed by atoms with Crippen molar-refractivity contribution in [2.75, 3.05) is 0 Å². The van der Waals surface area contributed by atoms with Gasteiger partial charge in [-0.25, -0.2) is 0 Å². The lowest BCUT2D eigenvalue weighted by atomic mass is 9.99. The fourth-order valence-electron chi connectivity index (χ4n) is 2.04. The Hall–Kier alpha value is -1.45. The van der Waals surface area contributed by atoms with Crippen molar-refractivity contribution >= 4 is 11.6 Å². The molecular formula is C15H17ClN2O. The van der Waals surface area contributed by atoms with Gasteiger partial charge in [-0.05, 0) is 44.0 Å². The van der Waals surface area contributed by atoms with Crippen molar-refractivity contribution in [3.63, 3.8) is 0 Å². The zero-order valence-corrected chi connectivity index (χ0v) is 12.1. The molecule has 2 rings (SSSR count). The fourth-order valence-corrected chi connectivity index (χ4v) is 2.36. The van der Waals surface area contributed by atoms with Crippen LogP contribution in [0.15, 0.2) is 24.3 Å². The maximum atomic E-state index is 10.3. The van der Waals surface area contributed by atoms with Crippen LogP contribution >= 0.6 is 11.6 Å². The van der Waals surface area contributed by atoms with Crippen LogP contribution in [0, 0.1) is 20.8 Å². The van der Waals surface area contributed by atoms with E-state index in [1.54, 1.807) is 0 Å². The maximum absolute atomic E-state index is 10.3. The van der Waals surface area contributed by atoms with Crippen molar-refractivity contribution < 1.29 is 5.11 Å². The van der Waals surface area contributed by atoms with E-state index in [-0.39, 0.29) is 0 Å². The third kappa shape index (κ3) is 3.31. The largest absolute Gasteiger partial charge is 0.388 e. The summed E-state index contributed by atoms with van der Waals surface area (Å²) in [6.07, 6.45) is -0.139. The Morgan fingerprint density at radius 2 is 1.89 bits per heavy atom. The van der Waals surface area contributed by atoms with Gasteiger partial charge in [0.1, 0.15) is 0 Å². The number of rotatable bonds is 3. The number of aliphatic hydroxyl groups is 1. The van der Waals surface area contributed by atoms with Gasteiger partial charge in [-0.1, -0.05) is 23.7 Å². The van der Waals surface area contributed by atoms with Crippen LogP contribution in [0.1, 0.15) is 34.2 Å². The van der Waals surface area contributed by atoms with Crippen molar-refractivity contribution in [3.8, 4) is 0 Å². The zero-order valence-electron chi connectivity index (χ0n) is 11.3. The average molecular weight is 277 g/mol. The minimum Gasteiger partial charge on any atom is -0.388 e. The summed E-state index contributed by atoms with van der Waals surface area (Å²) < 4.78 is 0. The molecule has 1 aromatic carbocycles. The molecular weight excluding hydrogens is 260 g/mol. The first-order valence-electron chi connectivity index (χ1n) is 6.21. The molecule has 1 unspecified atom stereocenters. The van der Waals surface area contributed by atoms with Gasteiger partial charge in [-0.15, -0.1) is 0 Å². The predicted octanol–water partition coefficient (Wildman–Crippen LogP) is 3.33. The summed E-state index contributed by atoms with van der Waals surface area (Å²) in [6, 6.07) is 7.73. The van der Waals surface area contributed by atoms with Crippen LogP contribution in [-0.2, 0) is 6.42 Å². The van der Waals surface area contributed by atoms with Crippen LogP contribution in [-0.4, -0.2) is 15.3 Å². The highest BCUT2D eigenvalue weighted by atomic mass is 35.5. The third-order valence-electron chi connectivity index (χ3n) is 3.12. The molecule has 2 aromatic rings. The van der Waals surface area contributed by atoms with Crippen molar-refractivity contribution in [2.45, 2.75) is 33.3 Å². The topological polar surface area (TPSA) is 46.0 Å². The Morgan fingerprint density at radius 3 is 2.58 bits per heavy atom. The van der Waals surface area contributed by atoms with E-state index in [1.165, 1.54) is 0 Å². The first-order valence-corrected chi connectivity index (χ1v) is 6.59. The van der Waals surface area contributed by atoms with Crippen LogP contribution in [0.25, 0.3) is 0 Å². The fraction of sp³-hybridized carbons (Fsp3) is 0.333. The molecule has 1 atom stereocenters. The number of hydrogen-bond donors (Lipinski definition) is 1. The molecule has 0 aliphatic carbocycles. The Bertz CT molecular complexity index is 599. The molecule has 19 heavy (non-hydrogen) atoms. The first kappa shape index (κ1) is 14.0. The van der Waals surface area contributed by atoms with Gasteiger partial charge in [0.15, 0.2) is 0 Å². The maximum Gasteiger partial charge on any atom is 0.0849 e. The Morgan fingerprint density at radius 1 is 1.16 bits per heavy atom. The number of halogens is 1. The van der Waals surface area contributed by atoms with Gasteiger partial charge in [-0.2, -0.15) is 10.2 Å². The van der Waals surface area contributed by atoms with Gasteiger partial charge in [-0.3, -0.25) is 0 Å². The Balaban J connectivity index is 2.25. The summed E-state index contributed by atoms with van der Waals surface area (Å²) >= 11 is 6.19. The molecule has 0 aliphatic rings. The van der Waals surface area contributed by atoms with Gasteiger partial charge >= 0.3 is 0 Å². The van der Waals surface area contributed by atoms with Crippen molar-refractivity contribution in [1.29, 1.82) is 0 Å². The Kier molecular flexibility index (Phi) is 4.17. The smallest absolute Gasteiger partial charge is 0.0849 e. The van der Waals surface area contributed by atoms with Crippen molar-refractivity contribution in [2.24, 2.45) is 0 Å². The van der Waals surface area contributed by atoms with Crippen molar-refractivity contribution in [3.05, 3.63) is 57.4 Å². The number of benzene rings is 1. The van der Waals surface area contributed by atoms with E-state index >= 15 is 0 Å². The molecule has 0 radical (unpaired) electrons. The summed E-state index contributed by atoms with van der Waals surface area (Å²) in [4.78, 5) is 0. The number of aliphatic hydroxyl groups excluding tert-OH is 1. The van der Waals surface area contributed by atoms with Crippen LogP contribution in [0.3, 0.4) is 0 Å². The number of hydrogen-bond acceptors (Lipinski definition) is 3. The minimum absolute atomic E-state index is 0.477. The molecule has 1 N–H and O–H groups in total. The van der Waals surface area contributed by atoms with Gasteiger partial charge in [0, 0.05) is 17.0 Å². The normalized spacial score (nSPS) is 12.5. The predicted molar refractivity (Wildman–Crippen MR) is 76.4 cm³/mol. The molecule has 1 aromatic heterocycles. The standard InChI is InChI=1S/C15H17ClN2O/c1-9-4-5-12(14(16)6-9)8-15(19)13-7-10(2)17-18-11(13)3/h4-7,15,19H,8H2,1-3H3. The molecule has 0 fully saturated rings. The van der Waals surface area contributed by atoms with Gasteiger partial charge in [0.25, 0.3) is 0 Å². The van der Waals surface area contributed by atoms with E-state index in [1.807, 2.05) is 45.0 Å². The van der Waals surface area contributed by atoms with Gasteiger partial charge in [0.2, 0.25) is 0 Å². The summed E-state index contributed by atoms with van der Waals surface area (Å²) in [6.45, 7) is 5.70. The summed E-state index contributed by atoms with van der Waals surface area (Å²) in [5.74, 6) is 0. The summed E-state index contributed by atoms with van der Waals surface area (Å²) in [5.41, 5.74) is 4.41. The van der Waals surface area contributed by atoms with E-state index in [0.29, 0.717) is 11.4 Å². The monoisotopic (exact) mass is 276 g/mol. The summed E-state index contributed by atoms with van der Waals surface area (Å²) in [5, 5.41) is 19.0. The second kappa shape index (κ2) is 5.68. The summed E-state index contributed by atoms with van der Waals surface area (Å²) in [7, 11) is 0. The second-order valence-electron chi connectivity index (χ2n) is 4.84. The zero-order chi connectivity index (χ0) is 14.0. The van der Waals surface area contributed by atoms with E-state index in [9.17, 15) is 5.11 Å². The highest BCUT2D eigenvalue weighted by Crippen LogP contribution is 2.25. The molecule has 1 heterocycles. The second-order valence-corrected chi connectivity index (χ2v) is 5.25. The lowest BCUT2D eigenvalue weighted by Gasteiger charge is -2.14. The lowest BCUT2D eigenvalue weighted by molar-refractivity contribution is 0.177. The highest BCUT2D eigenvalue weighted by molar-refractivity contribution is 6.31. The van der Waals surface area contributed by atoms with E-state index in [4.69, 9.17) is 11.6 Å². The molecule has 100 valence electrons. The van der Waals surface area contributed by atoms with Crippen molar-refractivity contribution in [1.82, 2.24) is 10.2 Å². The van der Waals surface area contributed by atoms with Gasteiger partial charge in [0.05, 0.1) is 17.5 Å².